The lowest BCUT2D eigenvalue weighted by atomic mass is 9.91. The Hall–Kier alpha value is -0.550. The molecule has 0 rings (SSSR count). The molecule has 2 nitrogen and oxygen atoms in total. The van der Waals surface area contributed by atoms with Gasteiger partial charge in [-0.05, 0) is 13.8 Å². The summed E-state index contributed by atoms with van der Waals surface area (Å²) in [7, 11) is 0. The molecule has 0 unspecified atom stereocenters. The van der Waals surface area contributed by atoms with Gasteiger partial charge in [-0.1, -0.05) is 0 Å². The summed E-state index contributed by atoms with van der Waals surface area (Å²) >= 11 is 5.21. The van der Waals surface area contributed by atoms with Gasteiger partial charge in [0.15, 0.2) is 5.78 Å². The van der Waals surface area contributed by atoms with E-state index in [1.807, 2.05) is 6.07 Å². The van der Waals surface area contributed by atoms with Crippen LogP contribution in [0, 0.1) is 16.7 Å². The zero-order valence-electron chi connectivity index (χ0n) is 5.44. The molecule has 0 aliphatic rings. The van der Waals surface area contributed by atoms with Crippen LogP contribution in [0.4, 0.5) is 0 Å². The molecular formula is C6H8ClNO. The number of carbonyl (C=O) groups excluding carboxylic acids is 1. The van der Waals surface area contributed by atoms with Crippen molar-refractivity contribution in [1.82, 2.24) is 0 Å². The quantitative estimate of drug-likeness (QED) is 0.551. The van der Waals surface area contributed by atoms with Gasteiger partial charge in [0.25, 0.3) is 0 Å². The van der Waals surface area contributed by atoms with Gasteiger partial charge in [0, 0.05) is 0 Å². The van der Waals surface area contributed by atoms with Crippen molar-refractivity contribution in [3.63, 3.8) is 0 Å². The van der Waals surface area contributed by atoms with Crippen molar-refractivity contribution in [3.8, 4) is 6.07 Å². The van der Waals surface area contributed by atoms with Gasteiger partial charge in [-0.25, -0.2) is 0 Å². The summed E-state index contributed by atoms with van der Waals surface area (Å²) in [5, 5.41) is 8.37. The third-order valence-corrected chi connectivity index (χ3v) is 1.34. The summed E-state index contributed by atoms with van der Waals surface area (Å²) < 4.78 is 0. The molecular weight excluding hydrogens is 138 g/mol. The number of Topliss-reactive ketones (excluding diaryl/α,β-unsaturated/α-hetero) is 1. The highest BCUT2D eigenvalue weighted by Gasteiger charge is 2.25. The third kappa shape index (κ3) is 2.03. The van der Waals surface area contributed by atoms with Crippen LogP contribution >= 0.6 is 11.6 Å². The highest BCUT2D eigenvalue weighted by atomic mass is 35.5. The number of hydrogen-bond donors (Lipinski definition) is 0. The maximum absolute atomic E-state index is 10.7. The van der Waals surface area contributed by atoms with Crippen molar-refractivity contribution in [2.75, 3.05) is 5.88 Å². The van der Waals surface area contributed by atoms with E-state index in [4.69, 9.17) is 16.9 Å². The monoisotopic (exact) mass is 145 g/mol. The van der Waals surface area contributed by atoms with E-state index in [1.165, 1.54) is 0 Å². The Morgan fingerprint density at radius 2 is 2.22 bits per heavy atom. The first kappa shape index (κ1) is 8.45. The zero-order chi connectivity index (χ0) is 7.49. The topological polar surface area (TPSA) is 40.9 Å². The fraction of sp³-hybridized carbons (Fsp3) is 0.667. The number of nitriles is 1. The van der Waals surface area contributed by atoms with E-state index in [0.29, 0.717) is 0 Å². The number of hydrogen-bond acceptors (Lipinski definition) is 2. The molecule has 0 fully saturated rings. The Bertz CT molecular complexity index is 157. The standard InChI is InChI=1S/C6H8ClNO/c1-6(2,4-8)5(9)3-7/h3H2,1-2H3. The molecule has 0 aliphatic heterocycles. The van der Waals surface area contributed by atoms with Gasteiger partial charge in [-0.2, -0.15) is 5.26 Å². The molecule has 0 aliphatic carbocycles. The molecule has 0 aromatic heterocycles. The Balaban J connectivity index is 4.19. The van der Waals surface area contributed by atoms with Crippen molar-refractivity contribution in [3.05, 3.63) is 0 Å². The molecule has 0 saturated carbocycles. The van der Waals surface area contributed by atoms with Crippen molar-refractivity contribution in [1.29, 1.82) is 5.26 Å². The molecule has 0 N–H and O–H groups in total. The maximum Gasteiger partial charge on any atom is 0.167 e. The lowest BCUT2D eigenvalue weighted by Gasteiger charge is -2.09. The lowest BCUT2D eigenvalue weighted by Crippen LogP contribution is -2.22. The van der Waals surface area contributed by atoms with Gasteiger partial charge >= 0.3 is 0 Å². The normalized spacial score (nSPS) is 10.4. The molecule has 0 atom stereocenters. The highest BCUT2D eigenvalue weighted by molar-refractivity contribution is 6.28. The SMILES string of the molecule is CC(C)(C#N)C(=O)CCl. The molecule has 0 aromatic rings. The molecule has 0 radical (unpaired) electrons. The molecule has 0 aromatic carbocycles. The van der Waals surface area contributed by atoms with Crippen LogP contribution in [0.5, 0.6) is 0 Å². The fourth-order valence-electron chi connectivity index (χ4n) is 0.229. The average Bonchev–Trinajstić information content (AvgIpc) is 1.86. The Kier molecular flexibility index (Phi) is 2.66. The summed E-state index contributed by atoms with van der Waals surface area (Å²) in [6.07, 6.45) is 0. The number of nitrogens with zero attached hydrogens (tertiary/aromatic N) is 1. The molecule has 9 heavy (non-hydrogen) atoms. The van der Waals surface area contributed by atoms with Crippen molar-refractivity contribution >= 4 is 17.4 Å². The molecule has 50 valence electrons. The predicted molar refractivity (Wildman–Crippen MR) is 35.1 cm³/mol. The Morgan fingerprint density at radius 3 is 2.33 bits per heavy atom. The van der Waals surface area contributed by atoms with Crippen LogP contribution < -0.4 is 0 Å². The molecule has 0 heterocycles. The van der Waals surface area contributed by atoms with Crippen molar-refractivity contribution < 1.29 is 4.79 Å². The second kappa shape index (κ2) is 2.84. The second-order valence-electron chi connectivity index (χ2n) is 2.29. The Labute approximate surface area is 59.4 Å². The van der Waals surface area contributed by atoms with Crippen molar-refractivity contribution in [2.45, 2.75) is 13.8 Å². The van der Waals surface area contributed by atoms with E-state index < -0.39 is 5.41 Å². The van der Waals surface area contributed by atoms with E-state index in [2.05, 4.69) is 0 Å². The smallest absolute Gasteiger partial charge is 0.167 e. The first-order valence-corrected chi connectivity index (χ1v) is 3.08. The van der Waals surface area contributed by atoms with Gasteiger partial charge in [-0.15, -0.1) is 11.6 Å². The number of alkyl halides is 1. The molecule has 3 heteroatoms. The number of carbonyl (C=O) groups is 1. The van der Waals surface area contributed by atoms with E-state index in [9.17, 15) is 4.79 Å². The zero-order valence-corrected chi connectivity index (χ0v) is 6.20. The van der Waals surface area contributed by atoms with E-state index in [-0.39, 0.29) is 11.7 Å². The summed E-state index contributed by atoms with van der Waals surface area (Å²) in [5.41, 5.74) is -0.915. The second-order valence-corrected chi connectivity index (χ2v) is 2.56. The first-order chi connectivity index (χ1) is 4.04. The van der Waals surface area contributed by atoms with E-state index >= 15 is 0 Å². The molecule has 0 saturated heterocycles. The van der Waals surface area contributed by atoms with Gasteiger partial charge < -0.3 is 0 Å². The lowest BCUT2D eigenvalue weighted by molar-refractivity contribution is -0.122. The van der Waals surface area contributed by atoms with Crippen molar-refractivity contribution in [2.24, 2.45) is 5.41 Å². The number of ketones is 1. The van der Waals surface area contributed by atoms with Crippen LogP contribution in [0.1, 0.15) is 13.8 Å². The van der Waals surface area contributed by atoms with Crippen LogP contribution in [0.25, 0.3) is 0 Å². The molecule has 0 amide bonds. The van der Waals surface area contributed by atoms with E-state index in [0.717, 1.165) is 0 Å². The molecule has 0 spiro atoms. The fourth-order valence-corrected chi connectivity index (χ4v) is 0.563. The summed E-state index contributed by atoms with van der Waals surface area (Å²) in [5.74, 6) is -0.313. The number of rotatable bonds is 2. The van der Waals surface area contributed by atoms with Crippen LogP contribution in [-0.2, 0) is 4.79 Å². The summed E-state index contributed by atoms with van der Waals surface area (Å²) in [6.45, 7) is 3.11. The predicted octanol–water partition coefficient (Wildman–Crippen LogP) is 1.34. The van der Waals surface area contributed by atoms with E-state index in [1.54, 1.807) is 13.8 Å². The van der Waals surface area contributed by atoms with Gasteiger partial charge in [0.05, 0.1) is 11.9 Å². The number of halogens is 1. The molecule has 0 bridgehead atoms. The first-order valence-electron chi connectivity index (χ1n) is 2.55. The minimum atomic E-state index is -0.915. The van der Waals surface area contributed by atoms with Crippen LogP contribution in [0.3, 0.4) is 0 Å². The third-order valence-electron chi connectivity index (χ3n) is 1.10. The summed E-state index contributed by atoms with van der Waals surface area (Å²) in [6, 6.07) is 1.86. The van der Waals surface area contributed by atoms with Crippen LogP contribution in [0.15, 0.2) is 0 Å². The highest BCUT2D eigenvalue weighted by Crippen LogP contribution is 2.14. The maximum atomic E-state index is 10.7. The van der Waals surface area contributed by atoms with Crippen LogP contribution in [0.2, 0.25) is 0 Å². The Morgan fingerprint density at radius 1 is 1.78 bits per heavy atom. The van der Waals surface area contributed by atoms with Gasteiger partial charge in [0.1, 0.15) is 5.41 Å². The minimum absolute atomic E-state index is 0.0828. The van der Waals surface area contributed by atoms with Gasteiger partial charge in [0.2, 0.25) is 0 Å². The van der Waals surface area contributed by atoms with Gasteiger partial charge in [-0.3, -0.25) is 4.79 Å². The average molecular weight is 146 g/mol. The minimum Gasteiger partial charge on any atom is -0.297 e. The summed E-state index contributed by atoms with van der Waals surface area (Å²) in [4.78, 5) is 10.7. The largest absolute Gasteiger partial charge is 0.297 e. The van der Waals surface area contributed by atoms with Crippen LogP contribution in [-0.4, -0.2) is 11.7 Å².